The van der Waals surface area contributed by atoms with E-state index < -0.39 is 0 Å². The zero-order chi connectivity index (χ0) is 13.4. The summed E-state index contributed by atoms with van der Waals surface area (Å²) in [5.41, 5.74) is 0.874. The molecule has 2 aromatic rings. The van der Waals surface area contributed by atoms with Crippen molar-refractivity contribution in [3.63, 3.8) is 0 Å². The summed E-state index contributed by atoms with van der Waals surface area (Å²) in [6.45, 7) is 3.40. The lowest BCUT2D eigenvalue weighted by molar-refractivity contribution is 0.190. The average Bonchev–Trinajstić information content (AvgIpc) is 2.77. The van der Waals surface area contributed by atoms with E-state index in [1.807, 2.05) is 13.2 Å². The molecule has 19 heavy (non-hydrogen) atoms. The van der Waals surface area contributed by atoms with Crippen LogP contribution >= 0.6 is 0 Å². The van der Waals surface area contributed by atoms with Gasteiger partial charge in [-0.05, 0) is 26.8 Å². The maximum Gasteiger partial charge on any atom is 0.163 e. The molecule has 0 amide bonds. The molecule has 0 radical (unpaired) electrons. The lowest BCUT2D eigenvalue weighted by Crippen LogP contribution is -2.42. The van der Waals surface area contributed by atoms with Crippen LogP contribution in [0.4, 0.5) is 5.82 Å². The second-order valence-electron chi connectivity index (χ2n) is 5.42. The lowest BCUT2D eigenvalue weighted by Gasteiger charge is -2.35. The number of hydrogen-bond acceptors (Lipinski definition) is 5. The van der Waals surface area contributed by atoms with E-state index in [1.165, 1.54) is 0 Å². The fraction of sp³-hybridized carbons (Fsp3) is 0.615. The number of aryl methyl sites for hydroxylation is 1. The lowest BCUT2D eigenvalue weighted by atomic mass is 9.99. The molecule has 6 nitrogen and oxygen atoms in total. The zero-order valence-corrected chi connectivity index (χ0v) is 11.7. The van der Waals surface area contributed by atoms with Gasteiger partial charge in [-0.2, -0.15) is 5.10 Å². The molecule has 1 aliphatic rings. The second-order valence-corrected chi connectivity index (χ2v) is 5.42. The fourth-order valence-electron chi connectivity index (χ4n) is 2.69. The normalized spacial score (nSPS) is 24.8. The molecular weight excluding hydrogens is 240 g/mol. The maximum absolute atomic E-state index is 4.37. The second kappa shape index (κ2) is 4.77. The van der Waals surface area contributed by atoms with Crippen LogP contribution in [0.2, 0.25) is 0 Å². The van der Waals surface area contributed by atoms with Crippen LogP contribution in [0.15, 0.2) is 12.5 Å². The standard InChI is InChI=1S/C13H20N6/c1-9-6-10(4-5-18(9)2)17-12-11-7-16-19(3)13(11)15-8-14-12/h7-10H,4-6H2,1-3H3,(H,14,15,17). The van der Waals surface area contributed by atoms with Gasteiger partial charge >= 0.3 is 0 Å². The molecule has 1 aliphatic heterocycles. The minimum absolute atomic E-state index is 0.476. The van der Waals surface area contributed by atoms with Crippen molar-refractivity contribution in [2.75, 3.05) is 18.9 Å². The molecule has 3 heterocycles. The SMILES string of the molecule is CC1CC(Nc2ncnc3c2cnn3C)CCN1C. The molecule has 6 heteroatoms. The largest absolute Gasteiger partial charge is 0.367 e. The summed E-state index contributed by atoms with van der Waals surface area (Å²) >= 11 is 0. The summed E-state index contributed by atoms with van der Waals surface area (Å²) in [5, 5.41) is 8.80. The number of fused-ring (bicyclic) bond motifs is 1. The van der Waals surface area contributed by atoms with Crippen LogP contribution in [-0.2, 0) is 7.05 Å². The molecule has 3 rings (SSSR count). The van der Waals surface area contributed by atoms with E-state index in [0.717, 1.165) is 36.2 Å². The van der Waals surface area contributed by atoms with Gasteiger partial charge in [0.15, 0.2) is 5.65 Å². The minimum Gasteiger partial charge on any atom is -0.367 e. The molecule has 0 spiro atoms. The third kappa shape index (κ3) is 2.28. The highest BCUT2D eigenvalue weighted by molar-refractivity contribution is 5.86. The van der Waals surface area contributed by atoms with Crippen molar-refractivity contribution in [2.45, 2.75) is 31.8 Å². The van der Waals surface area contributed by atoms with E-state index in [4.69, 9.17) is 0 Å². The Labute approximate surface area is 112 Å². The van der Waals surface area contributed by atoms with E-state index in [1.54, 1.807) is 11.0 Å². The number of nitrogens with one attached hydrogen (secondary N) is 1. The van der Waals surface area contributed by atoms with Crippen molar-refractivity contribution in [2.24, 2.45) is 7.05 Å². The Hall–Kier alpha value is -1.69. The van der Waals surface area contributed by atoms with Gasteiger partial charge < -0.3 is 10.2 Å². The van der Waals surface area contributed by atoms with Crippen molar-refractivity contribution in [1.82, 2.24) is 24.6 Å². The molecule has 2 aromatic heterocycles. The number of nitrogens with zero attached hydrogens (tertiary/aromatic N) is 5. The molecule has 1 N–H and O–H groups in total. The van der Waals surface area contributed by atoms with E-state index in [2.05, 4.69) is 39.3 Å². The Morgan fingerprint density at radius 2 is 2.16 bits per heavy atom. The van der Waals surface area contributed by atoms with Gasteiger partial charge in [0.2, 0.25) is 0 Å². The first kappa shape index (κ1) is 12.3. The first-order chi connectivity index (χ1) is 9.15. The summed E-state index contributed by atoms with van der Waals surface area (Å²) in [6.07, 6.45) is 5.72. The molecular formula is C13H20N6. The molecule has 2 unspecified atom stereocenters. The molecule has 1 fully saturated rings. The molecule has 1 saturated heterocycles. The third-order valence-electron chi connectivity index (χ3n) is 4.08. The summed E-state index contributed by atoms with van der Waals surface area (Å²) in [5.74, 6) is 0.903. The number of hydrogen-bond donors (Lipinski definition) is 1. The van der Waals surface area contributed by atoms with Crippen molar-refractivity contribution >= 4 is 16.9 Å². The number of piperidine rings is 1. The van der Waals surface area contributed by atoms with Crippen molar-refractivity contribution < 1.29 is 0 Å². The average molecular weight is 260 g/mol. The highest BCUT2D eigenvalue weighted by Gasteiger charge is 2.23. The summed E-state index contributed by atoms with van der Waals surface area (Å²) in [4.78, 5) is 11.0. The van der Waals surface area contributed by atoms with Crippen LogP contribution in [0.1, 0.15) is 19.8 Å². The van der Waals surface area contributed by atoms with Crippen LogP contribution in [0.5, 0.6) is 0 Å². The van der Waals surface area contributed by atoms with Crippen molar-refractivity contribution in [3.05, 3.63) is 12.5 Å². The van der Waals surface area contributed by atoms with Gasteiger partial charge in [-0.25, -0.2) is 9.97 Å². The Morgan fingerprint density at radius 3 is 2.95 bits per heavy atom. The third-order valence-corrected chi connectivity index (χ3v) is 4.08. The minimum atomic E-state index is 0.476. The topological polar surface area (TPSA) is 58.9 Å². The number of aromatic nitrogens is 4. The Morgan fingerprint density at radius 1 is 1.32 bits per heavy atom. The number of rotatable bonds is 2. The molecule has 102 valence electrons. The smallest absolute Gasteiger partial charge is 0.163 e. The molecule has 0 saturated carbocycles. The van der Waals surface area contributed by atoms with E-state index in [-0.39, 0.29) is 0 Å². The molecule has 0 bridgehead atoms. The van der Waals surface area contributed by atoms with Gasteiger partial charge in [0.25, 0.3) is 0 Å². The van der Waals surface area contributed by atoms with E-state index in [0.29, 0.717) is 12.1 Å². The van der Waals surface area contributed by atoms with Crippen LogP contribution in [0.3, 0.4) is 0 Å². The van der Waals surface area contributed by atoms with E-state index >= 15 is 0 Å². The quantitative estimate of drug-likeness (QED) is 0.881. The monoisotopic (exact) mass is 260 g/mol. The van der Waals surface area contributed by atoms with Crippen LogP contribution in [0.25, 0.3) is 11.0 Å². The molecule has 0 aliphatic carbocycles. The van der Waals surface area contributed by atoms with Crippen molar-refractivity contribution in [1.29, 1.82) is 0 Å². The van der Waals surface area contributed by atoms with Gasteiger partial charge in [0.05, 0.1) is 11.6 Å². The summed E-state index contributed by atoms with van der Waals surface area (Å²) < 4.78 is 1.78. The van der Waals surface area contributed by atoms with E-state index in [9.17, 15) is 0 Å². The van der Waals surface area contributed by atoms with Crippen LogP contribution < -0.4 is 5.32 Å². The summed E-state index contributed by atoms with van der Waals surface area (Å²) in [6, 6.07) is 1.09. The Bertz CT molecular complexity index is 578. The van der Waals surface area contributed by atoms with Crippen LogP contribution in [-0.4, -0.2) is 50.3 Å². The Kier molecular flexibility index (Phi) is 3.10. The highest BCUT2D eigenvalue weighted by atomic mass is 15.3. The zero-order valence-electron chi connectivity index (χ0n) is 11.7. The van der Waals surface area contributed by atoms with Gasteiger partial charge in [-0.3, -0.25) is 4.68 Å². The predicted octanol–water partition coefficient (Wildman–Crippen LogP) is 1.26. The first-order valence-electron chi connectivity index (χ1n) is 6.74. The number of likely N-dealkylation sites (tertiary alicyclic amines) is 1. The van der Waals surface area contributed by atoms with Gasteiger partial charge in [0.1, 0.15) is 12.1 Å². The summed E-state index contributed by atoms with van der Waals surface area (Å²) in [7, 11) is 4.08. The molecule has 2 atom stereocenters. The highest BCUT2D eigenvalue weighted by Crippen LogP contribution is 2.23. The fourth-order valence-corrected chi connectivity index (χ4v) is 2.69. The molecule has 0 aromatic carbocycles. The maximum atomic E-state index is 4.37. The Balaban J connectivity index is 1.82. The predicted molar refractivity (Wildman–Crippen MR) is 75.0 cm³/mol. The van der Waals surface area contributed by atoms with Gasteiger partial charge in [0, 0.05) is 25.7 Å². The van der Waals surface area contributed by atoms with Gasteiger partial charge in [-0.15, -0.1) is 0 Å². The first-order valence-corrected chi connectivity index (χ1v) is 6.74. The van der Waals surface area contributed by atoms with Crippen LogP contribution in [0, 0.1) is 0 Å². The van der Waals surface area contributed by atoms with Crippen molar-refractivity contribution in [3.8, 4) is 0 Å². The van der Waals surface area contributed by atoms with Gasteiger partial charge in [-0.1, -0.05) is 0 Å². The number of anilines is 1.